The molecule has 2 aromatic heterocycles. The molecule has 0 spiro atoms. The third-order valence-corrected chi connectivity index (χ3v) is 6.96. The maximum Gasteiger partial charge on any atom is 0.250 e. The summed E-state index contributed by atoms with van der Waals surface area (Å²) >= 11 is 7.37. The predicted molar refractivity (Wildman–Crippen MR) is 97.3 cm³/mol. The molecule has 0 atom stereocenters. The molecule has 3 aromatic rings. The highest BCUT2D eigenvalue weighted by Crippen LogP contribution is 2.26. The molecular weight excluding hydrogens is 382 g/mol. The Hall–Kier alpha value is -1.74. The van der Waals surface area contributed by atoms with Crippen LogP contribution in [0.3, 0.4) is 0 Å². The molecule has 132 valence electrons. The van der Waals surface area contributed by atoms with Gasteiger partial charge in [0.15, 0.2) is 0 Å². The van der Waals surface area contributed by atoms with E-state index in [1.54, 1.807) is 18.2 Å². The second kappa shape index (κ2) is 7.65. The van der Waals surface area contributed by atoms with Gasteiger partial charge < -0.3 is 4.42 Å². The zero-order valence-corrected chi connectivity index (χ0v) is 15.8. The van der Waals surface area contributed by atoms with Crippen LogP contribution < -0.4 is 4.72 Å². The quantitative estimate of drug-likeness (QED) is 0.659. The van der Waals surface area contributed by atoms with Crippen molar-refractivity contribution in [2.45, 2.75) is 24.0 Å². The molecule has 0 saturated carbocycles. The molecule has 0 aliphatic carbocycles. The Morgan fingerprint density at radius 3 is 2.72 bits per heavy atom. The first kappa shape index (κ1) is 18.1. The number of halogens is 1. The van der Waals surface area contributed by atoms with Crippen molar-refractivity contribution in [2.24, 2.45) is 0 Å². The highest BCUT2D eigenvalue weighted by Gasteiger charge is 2.17. The Bertz CT molecular complexity index is 966. The third kappa shape index (κ3) is 4.27. The summed E-state index contributed by atoms with van der Waals surface area (Å²) in [5.41, 5.74) is 0.647. The van der Waals surface area contributed by atoms with Gasteiger partial charge in [0.05, 0.1) is 10.6 Å². The largest absolute Gasteiger partial charge is 0.421 e. The van der Waals surface area contributed by atoms with Crippen LogP contribution in [-0.4, -0.2) is 25.2 Å². The standard InChI is InChI=1S/C16H16ClN3O3S2/c1-2-11-7-8-15(24-11)25(21,22)18-10-9-14-19-20-16(23-14)12-5-3-4-6-13(12)17/h3-8,18H,2,9-10H2,1H3. The molecule has 0 aliphatic rings. The van der Waals surface area contributed by atoms with Crippen molar-refractivity contribution >= 4 is 33.0 Å². The zero-order valence-electron chi connectivity index (χ0n) is 13.4. The minimum absolute atomic E-state index is 0.172. The first-order valence-corrected chi connectivity index (χ1v) is 10.3. The molecule has 1 aromatic carbocycles. The summed E-state index contributed by atoms with van der Waals surface area (Å²) in [6.45, 7) is 2.16. The van der Waals surface area contributed by atoms with Crippen LogP contribution in [0.4, 0.5) is 0 Å². The van der Waals surface area contributed by atoms with Crippen LogP contribution in [0.2, 0.25) is 5.02 Å². The molecule has 2 heterocycles. The van der Waals surface area contributed by atoms with Crippen LogP contribution in [0.5, 0.6) is 0 Å². The smallest absolute Gasteiger partial charge is 0.250 e. The molecular formula is C16H16ClN3O3S2. The Morgan fingerprint density at radius 2 is 2.00 bits per heavy atom. The SMILES string of the molecule is CCc1ccc(S(=O)(=O)NCCc2nnc(-c3ccccc3Cl)o2)s1. The highest BCUT2D eigenvalue weighted by atomic mass is 35.5. The maximum atomic E-state index is 12.2. The van der Waals surface area contributed by atoms with E-state index in [1.807, 2.05) is 25.1 Å². The maximum absolute atomic E-state index is 12.2. The van der Waals surface area contributed by atoms with E-state index in [-0.39, 0.29) is 6.54 Å². The number of rotatable bonds is 7. The molecule has 0 saturated heterocycles. The van der Waals surface area contributed by atoms with Gasteiger partial charge >= 0.3 is 0 Å². The minimum atomic E-state index is -3.51. The minimum Gasteiger partial charge on any atom is -0.421 e. The molecule has 1 N–H and O–H groups in total. The van der Waals surface area contributed by atoms with Gasteiger partial charge in [-0.2, -0.15) is 0 Å². The second-order valence-corrected chi connectivity index (χ2v) is 8.77. The molecule has 0 unspecified atom stereocenters. The number of hydrogen-bond acceptors (Lipinski definition) is 6. The van der Waals surface area contributed by atoms with Crippen molar-refractivity contribution in [3.63, 3.8) is 0 Å². The van der Waals surface area contributed by atoms with Crippen LogP contribution in [0.15, 0.2) is 45.0 Å². The van der Waals surface area contributed by atoms with Crippen molar-refractivity contribution in [3.05, 3.63) is 52.2 Å². The number of thiophene rings is 1. The predicted octanol–water partition coefficient (Wildman–Crippen LogP) is 3.53. The zero-order chi connectivity index (χ0) is 17.9. The summed E-state index contributed by atoms with van der Waals surface area (Å²) in [7, 11) is -3.51. The van der Waals surface area contributed by atoms with Crippen LogP contribution in [0.25, 0.3) is 11.5 Å². The van der Waals surface area contributed by atoms with E-state index >= 15 is 0 Å². The lowest BCUT2D eigenvalue weighted by Crippen LogP contribution is -2.25. The van der Waals surface area contributed by atoms with Crippen molar-refractivity contribution in [3.8, 4) is 11.5 Å². The Labute approximate surface area is 154 Å². The number of sulfonamides is 1. The molecule has 0 aliphatic heterocycles. The van der Waals surface area contributed by atoms with E-state index in [2.05, 4.69) is 14.9 Å². The lowest BCUT2D eigenvalue weighted by atomic mass is 10.2. The Balaban J connectivity index is 1.62. The van der Waals surface area contributed by atoms with Gasteiger partial charge in [0.1, 0.15) is 4.21 Å². The molecule has 0 bridgehead atoms. The van der Waals surface area contributed by atoms with E-state index in [4.69, 9.17) is 16.0 Å². The monoisotopic (exact) mass is 397 g/mol. The topological polar surface area (TPSA) is 85.1 Å². The molecule has 9 heteroatoms. The molecule has 3 rings (SSSR count). The van der Waals surface area contributed by atoms with Gasteiger partial charge in [-0.25, -0.2) is 13.1 Å². The van der Waals surface area contributed by atoms with Gasteiger partial charge in [-0.3, -0.25) is 0 Å². The summed E-state index contributed by atoms with van der Waals surface area (Å²) in [6.07, 6.45) is 1.11. The van der Waals surface area contributed by atoms with Gasteiger partial charge in [0.25, 0.3) is 0 Å². The summed E-state index contributed by atoms with van der Waals surface area (Å²) in [6, 6.07) is 10.6. The number of benzene rings is 1. The van der Waals surface area contributed by atoms with Crippen LogP contribution in [0.1, 0.15) is 17.7 Å². The van der Waals surface area contributed by atoms with Crippen molar-refractivity contribution in [2.75, 3.05) is 6.54 Å². The fourth-order valence-corrected chi connectivity index (χ4v) is 4.74. The fourth-order valence-electron chi connectivity index (χ4n) is 2.15. The third-order valence-electron chi connectivity index (χ3n) is 3.45. The molecule has 0 radical (unpaired) electrons. The average molecular weight is 398 g/mol. The fraction of sp³-hybridized carbons (Fsp3) is 0.250. The number of hydrogen-bond donors (Lipinski definition) is 1. The van der Waals surface area contributed by atoms with Crippen LogP contribution in [0, 0.1) is 0 Å². The van der Waals surface area contributed by atoms with E-state index in [0.29, 0.717) is 33.0 Å². The van der Waals surface area contributed by atoms with E-state index in [0.717, 1.165) is 11.3 Å². The number of aryl methyl sites for hydroxylation is 1. The van der Waals surface area contributed by atoms with E-state index in [1.165, 1.54) is 11.3 Å². The molecule has 25 heavy (non-hydrogen) atoms. The first-order chi connectivity index (χ1) is 12.0. The number of nitrogens with zero attached hydrogens (tertiary/aromatic N) is 2. The van der Waals surface area contributed by atoms with Gasteiger partial charge in [-0.15, -0.1) is 21.5 Å². The second-order valence-electron chi connectivity index (χ2n) is 5.20. The summed E-state index contributed by atoms with van der Waals surface area (Å²) in [4.78, 5) is 1.03. The van der Waals surface area contributed by atoms with Crippen molar-refractivity contribution in [1.82, 2.24) is 14.9 Å². The van der Waals surface area contributed by atoms with Crippen molar-refractivity contribution in [1.29, 1.82) is 0 Å². The lowest BCUT2D eigenvalue weighted by molar-refractivity contribution is 0.502. The van der Waals surface area contributed by atoms with Crippen LogP contribution >= 0.6 is 22.9 Å². The average Bonchev–Trinajstić information content (AvgIpc) is 3.24. The van der Waals surface area contributed by atoms with Gasteiger partial charge in [0.2, 0.25) is 21.8 Å². The summed E-state index contributed by atoms with van der Waals surface area (Å²) in [5.74, 6) is 0.660. The van der Waals surface area contributed by atoms with Crippen molar-refractivity contribution < 1.29 is 12.8 Å². The molecule has 6 nitrogen and oxygen atoms in total. The Morgan fingerprint density at radius 1 is 1.20 bits per heavy atom. The van der Waals surface area contributed by atoms with Crippen LogP contribution in [-0.2, 0) is 22.9 Å². The Kier molecular flexibility index (Phi) is 5.53. The number of aromatic nitrogens is 2. The first-order valence-electron chi connectivity index (χ1n) is 7.65. The van der Waals surface area contributed by atoms with Gasteiger partial charge in [0, 0.05) is 17.8 Å². The summed E-state index contributed by atoms with van der Waals surface area (Å²) < 4.78 is 32.9. The normalized spacial score (nSPS) is 11.8. The van der Waals surface area contributed by atoms with E-state index < -0.39 is 10.0 Å². The summed E-state index contributed by atoms with van der Waals surface area (Å²) in [5, 5.41) is 8.41. The number of nitrogens with one attached hydrogen (secondary N) is 1. The molecule has 0 amide bonds. The molecule has 0 fully saturated rings. The van der Waals surface area contributed by atoms with E-state index in [9.17, 15) is 8.42 Å². The van der Waals surface area contributed by atoms with Gasteiger partial charge in [-0.1, -0.05) is 30.7 Å². The lowest BCUT2D eigenvalue weighted by Gasteiger charge is -2.02. The van der Waals surface area contributed by atoms with Gasteiger partial charge in [-0.05, 0) is 30.7 Å². The highest BCUT2D eigenvalue weighted by molar-refractivity contribution is 7.91.